The Morgan fingerprint density at radius 1 is 1.19 bits per heavy atom. The lowest BCUT2D eigenvalue weighted by Crippen LogP contribution is -2.52. The van der Waals surface area contributed by atoms with Crippen LogP contribution in [-0.2, 0) is 0 Å². The van der Waals surface area contributed by atoms with Gasteiger partial charge in [0.1, 0.15) is 0 Å². The summed E-state index contributed by atoms with van der Waals surface area (Å²) < 4.78 is 1.00. The van der Waals surface area contributed by atoms with Gasteiger partial charge in [0.2, 0.25) is 0 Å². The SMILES string of the molecule is Cc1nc(-c2cccc(Br)c2)ccc1C(=O)N1CCN(CC(C)(C)O)CC1. The van der Waals surface area contributed by atoms with E-state index in [-0.39, 0.29) is 5.91 Å². The van der Waals surface area contributed by atoms with Gasteiger partial charge in [0.15, 0.2) is 0 Å². The largest absolute Gasteiger partial charge is 0.389 e. The molecule has 1 N–H and O–H groups in total. The monoisotopic (exact) mass is 431 g/mol. The number of carbonyl (C=O) groups excluding carboxylic acids is 1. The summed E-state index contributed by atoms with van der Waals surface area (Å²) in [6, 6.07) is 11.8. The molecule has 0 spiro atoms. The lowest BCUT2D eigenvalue weighted by Gasteiger charge is -2.37. The number of aliphatic hydroxyl groups is 1. The molecule has 6 heteroatoms. The normalized spacial score (nSPS) is 15.8. The van der Waals surface area contributed by atoms with Crippen LogP contribution >= 0.6 is 15.9 Å². The molecule has 0 unspecified atom stereocenters. The minimum absolute atomic E-state index is 0.0312. The summed E-state index contributed by atoms with van der Waals surface area (Å²) in [5.41, 5.74) is 2.57. The molecular weight excluding hydrogens is 406 g/mol. The van der Waals surface area contributed by atoms with Crippen LogP contribution in [0.15, 0.2) is 40.9 Å². The molecule has 1 aliphatic heterocycles. The van der Waals surface area contributed by atoms with Crippen LogP contribution in [-0.4, -0.2) is 64.1 Å². The maximum absolute atomic E-state index is 12.9. The molecule has 1 fully saturated rings. The van der Waals surface area contributed by atoms with Gasteiger partial charge in [0.05, 0.1) is 22.6 Å². The third kappa shape index (κ3) is 5.15. The van der Waals surface area contributed by atoms with Crippen molar-refractivity contribution in [2.24, 2.45) is 0 Å². The second kappa shape index (κ2) is 8.09. The van der Waals surface area contributed by atoms with E-state index in [0.29, 0.717) is 25.2 Å². The Morgan fingerprint density at radius 2 is 1.89 bits per heavy atom. The van der Waals surface area contributed by atoms with E-state index in [1.54, 1.807) is 0 Å². The van der Waals surface area contributed by atoms with E-state index in [0.717, 1.165) is 34.5 Å². The molecule has 5 nitrogen and oxygen atoms in total. The topological polar surface area (TPSA) is 56.7 Å². The first-order chi connectivity index (χ1) is 12.7. The second-order valence-corrected chi connectivity index (χ2v) is 8.64. The minimum Gasteiger partial charge on any atom is -0.389 e. The fraction of sp³-hybridized carbons (Fsp3) is 0.429. The van der Waals surface area contributed by atoms with E-state index in [2.05, 4.69) is 25.8 Å². The molecule has 1 aliphatic rings. The molecule has 3 rings (SSSR count). The summed E-state index contributed by atoms with van der Waals surface area (Å²) in [7, 11) is 0. The quantitative estimate of drug-likeness (QED) is 0.805. The number of pyridine rings is 1. The summed E-state index contributed by atoms with van der Waals surface area (Å²) in [5, 5.41) is 9.96. The molecule has 144 valence electrons. The Balaban J connectivity index is 1.69. The zero-order valence-corrected chi connectivity index (χ0v) is 17.7. The smallest absolute Gasteiger partial charge is 0.255 e. The van der Waals surface area contributed by atoms with E-state index in [4.69, 9.17) is 0 Å². The molecule has 0 atom stereocenters. The molecular formula is C21H26BrN3O2. The Kier molecular flexibility index (Phi) is 5.99. The average Bonchev–Trinajstić information content (AvgIpc) is 2.60. The van der Waals surface area contributed by atoms with Gasteiger partial charge in [-0.1, -0.05) is 28.1 Å². The molecule has 0 bridgehead atoms. The zero-order chi connectivity index (χ0) is 19.6. The summed E-state index contributed by atoms with van der Waals surface area (Å²) in [6.07, 6.45) is 0. The number of benzene rings is 1. The van der Waals surface area contributed by atoms with Gasteiger partial charge in [-0.15, -0.1) is 0 Å². The first-order valence-electron chi connectivity index (χ1n) is 9.20. The average molecular weight is 432 g/mol. The molecule has 27 heavy (non-hydrogen) atoms. The van der Waals surface area contributed by atoms with Gasteiger partial charge in [0, 0.05) is 42.8 Å². The van der Waals surface area contributed by atoms with Crippen molar-refractivity contribution in [2.75, 3.05) is 32.7 Å². The van der Waals surface area contributed by atoms with Crippen molar-refractivity contribution in [3.05, 3.63) is 52.1 Å². The number of nitrogens with zero attached hydrogens (tertiary/aromatic N) is 3. The molecule has 1 aromatic heterocycles. The fourth-order valence-electron chi connectivity index (χ4n) is 3.42. The van der Waals surface area contributed by atoms with E-state index in [1.807, 2.05) is 62.1 Å². The van der Waals surface area contributed by atoms with Crippen LogP contribution in [0.5, 0.6) is 0 Å². The van der Waals surface area contributed by atoms with Crippen molar-refractivity contribution in [2.45, 2.75) is 26.4 Å². The third-order valence-electron chi connectivity index (χ3n) is 4.71. The zero-order valence-electron chi connectivity index (χ0n) is 16.1. The van der Waals surface area contributed by atoms with E-state index in [9.17, 15) is 9.90 Å². The van der Waals surface area contributed by atoms with Crippen molar-refractivity contribution >= 4 is 21.8 Å². The Hall–Kier alpha value is -1.76. The molecule has 1 saturated heterocycles. The summed E-state index contributed by atoms with van der Waals surface area (Å²) in [5.74, 6) is 0.0312. The number of hydrogen-bond acceptors (Lipinski definition) is 4. The van der Waals surface area contributed by atoms with Crippen molar-refractivity contribution in [3.63, 3.8) is 0 Å². The Labute approximate surface area is 169 Å². The highest BCUT2D eigenvalue weighted by atomic mass is 79.9. The van der Waals surface area contributed by atoms with Crippen LogP contribution in [0.1, 0.15) is 29.9 Å². The van der Waals surface area contributed by atoms with Crippen molar-refractivity contribution in [3.8, 4) is 11.3 Å². The molecule has 1 amide bonds. The third-order valence-corrected chi connectivity index (χ3v) is 5.20. The van der Waals surface area contributed by atoms with Crippen LogP contribution in [0.25, 0.3) is 11.3 Å². The predicted molar refractivity (Wildman–Crippen MR) is 111 cm³/mol. The van der Waals surface area contributed by atoms with Gasteiger partial charge in [-0.05, 0) is 45.0 Å². The Morgan fingerprint density at radius 3 is 2.48 bits per heavy atom. The molecule has 2 aromatic rings. The van der Waals surface area contributed by atoms with Crippen molar-refractivity contribution < 1.29 is 9.90 Å². The number of β-amino-alcohol motifs (C(OH)–C–C–N with tert-alkyl or cyclic N) is 1. The van der Waals surface area contributed by atoms with Gasteiger partial charge in [-0.2, -0.15) is 0 Å². The van der Waals surface area contributed by atoms with Crippen LogP contribution in [0.4, 0.5) is 0 Å². The van der Waals surface area contributed by atoms with Crippen LogP contribution in [0, 0.1) is 6.92 Å². The molecule has 1 aromatic carbocycles. The highest BCUT2D eigenvalue weighted by Crippen LogP contribution is 2.23. The van der Waals surface area contributed by atoms with Crippen molar-refractivity contribution in [1.82, 2.24) is 14.8 Å². The van der Waals surface area contributed by atoms with E-state index < -0.39 is 5.60 Å². The number of amides is 1. The number of hydrogen-bond donors (Lipinski definition) is 1. The van der Waals surface area contributed by atoms with Crippen LogP contribution in [0.3, 0.4) is 0 Å². The number of aryl methyl sites for hydroxylation is 1. The fourth-order valence-corrected chi connectivity index (χ4v) is 3.82. The second-order valence-electron chi connectivity index (χ2n) is 7.72. The highest BCUT2D eigenvalue weighted by molar-refractivity contribution is 9.10. The number of halogens is 1. The van der Waals surface area contributed by atoms with Gasteiger partial charge in [0.25, 0.3) is 5.91 Å². The molecule has 2 heterocycles. The lowest BCUT2D eigenvalue weighted by atomic mass is 10.1. The number of rotatable bonds is 4. The van der Waals surface area contributed by atoms with Crippen LogP contribution in [0.2, 0.25) is 0 Å². The number of carbonyl (C=O) groups is 1. The van der Waals surface area contributed by atoms with Crippen molar-refractivity contribution in [1.29, 1.82) is 0 Å². The first kappa shape index (κ1) is 20.0. The van der Waals surface area contributed by atoms with E-state index in [1.165, 1.54) is 0 Å². The first-order valence-corrected chi connectivity index (χ1v) is 10.00. The standard InChI is InChI=1S/C21H26BrN3O2/c1-15-18(7-8-19(23-15)16-5-4-6-17(22)13-16)20(26)25-11-9-24(10-12-25)14-21(2,3)27/h4-8,13,27H,9-12,14H2,1-3H3. The van der Waals surface area contributed by atoms with Gasteiger partial charge in [-0.25, -0.2) is 0 Å². The maximum atomic E-state index is 12.9. The van der Waals surface area contributed by atoms with Gasteiger partial charge < -0.3 is 10.0 Å². The summed E-state index contributed by atoms with van der Waals surface area (Å²) in [6.45, 7) is 9.02. The minimum atomic E-state index is -0.713. The predicted octanol–water partition coefficient (Wildman–Crippen LogP) is 3.35. The summed E-state index contributed by atoms with van der Waals surface area (Å²) in [4.78, 5) is 21.7. The highest BCUT2D eigenvalue weighted by Gasteiger charge is 2.26. The Bertz CT molecular complexity index is 824. The van der Waals surface area contributed by atoms with E-state index >= 15 is 0 Å². The molecule has 0 aliphatic carbocycles. The van der Waals surface area contributed by atoms with Gasteiger partial charge in [-0.3, -0.25) is 14.7 Å². The number of aromatic nitrogens is 1. The molecule has 0 saturated carbocycles. The molecule has 0 radical (unpaired) electrons. The lowest BCUT2D eigenvalue weighted by molar-refractivity contribution is 0.0178. The van der Waals surface area contributed by atoms with Crippen LogP contribution < -0.4 is 0 Å². The maximum Gasteiger partial charge on any atom is 0.255 e. The summed E-state index contributed by atoms with van der Waals surface area (Å²) >= 11 is 3.48. The van der Waals surface area contributed by atoms with Gasteiger partial charge >= 0.3 is 0 Å². The number of piperazine rings is 1.